The molecule has 5 heteroatoms. The van der Waals surface area contributed by atoms with Gasteiger partial charge in [-0.2, -0.15) is 0 Å². The quantitative estimate of drug-likeness (QED) is 0.421. The molecular weight excluding hydrogens is 223 g/mol. The Morgan fingerprint density at radius 1 is 1.67 bits per heavy atom. The first-order chi connectivity index (χ1) is 4.18. The lowest BCUT2D eigenvalue weighted by Crippen LogP contribution is -2.32. The predicted molar refractivity (Wildman–Crippen MR) is 44.0 cm³/mol. The third-order valence-electron chi connectivity index (χ3n) is 0.997. The van der Waals surface area contributed by atoms with Gasteiger partial charge in [-0.25, -0.2) is 0 Å². The van der Waals surface area contributed by atoms with Gasteiger partial charge in [-0.05, 0) is 6.04 Å². The Hall–Kier alpha value is 0.907. The van der Waals surface area contributed by atoms with Crippen LogP contribution in [0.25, 0.3) is 0 Å². The second-order valence-corrected chi connectivity index (χ2v) is 8.04. The third-order valence-corrected chi connectivity index (χ3v) is 6.66. The molecule has 0 aromatic heterocycles. The standard InChI is InChI=1S/C4H10BrClO2Si/c1-3-9(5,7-2)8-4-6/h3-4H2,1-2H3. The molecule has 0 amide bonds. The maximum Gasteiger partial charge on any atom is 0.414 e. The minimum atomic E-state index is -2.02. The van der Waals surface area contributed by atoms with Gasteiger partial charge in [-0.15, -0.1) is 0 Å². The number of hydrogen-bond acceptors (Lipinski definition) is 2. The molecular formula is C4H10BrClO2Si. The second kappa shape index (κ2) is 4.68. The largest absolute Gasteiger partial charge is 0.414 e. The van der Waals surface area contributed by atoms with E-state index in [0.29, 0.717) is 0 Å². The summed E-state index contributed by atoms with van der Waals surface area (Å²) in [4.78, 5) is 0. The van der Waals surface area contributed by atoms with Crippen LogP contribution in [0.1, 0.15) is 6.92 Å². The zero-order valence-electron chi connectivity index (χ0n) is 5.49. The molecule has 0 aliphatic carbocycles. The minimum absolute atomic E-state index is 0.194. The molecule has 0 radical (unpaired) electrons. The topological polar surface area (TPSA) is 18.5 Å². The van der Waals surface area contributed by atoms with Gasteiger partial charge in [-0.1, -0.05) is 33.8 Å². The van der Waals surface area contributed by atoms with Crippen molar-refractivity contribution in [3.63, 3.8) is 0 Å². The van der Waals surface area contributed by atoms with Crippen LogP contribution in [0.5, 0.6) is 0 Å². The van der Waals surface area contributed by atoms with Crippen molar-refractivity contribution in [2.75, 3.05) is 13.2 Å². The molecule has 0 saturated heterocycles. The zero-order chi connectivity index (χ0) is 7.33. The highest BCUT2D eigenvalue weighted by Crippen LogP contribution is 2.19. The SMILES string of the molecule is CC[Si](Br)(OC)OCCl. The zero-order valence-corrected chi connectivity index (χ0v) is 8.83. The molecule has 0 aliphatic rings. The predicted octanol–water partition coefficient (Wildman–Crippen LogP) is 2.20. The summed E-state index contributed by atoms with van der Waals surface area (Å²) in [6.45, 7) is 2.00. The molecule has 0 fully saturated rings. The fourth-order valence-electron chi connectivity index (χ4n) is 0.387. The number of alkyl halides is 1. The molecule has 0 saturated carbocycles. The second-order valence-electron chi connectivity index (χ2n) is 1.47. The van der Waals surface area contributed by atoms with Gasteiger partial charge in [0.2, 0.25) is 0 Å². The summed E-state index contributed by atoms with van der Waals surface area (Å²) in [6.07, 6.45) is 0. The van der Waals surface area contributed by atoms with E-state index in [4.69, 9.17) is 20.5 Å². The molecule has 9 heavy (non-hydrogen) atoms. The summed E-state index contributed by atoms with van der Waals surface area (Å²) in [7, 11) is -0.395. The van der Waals surface area contributed by atoms with E-state index < -0.39 is 7.18 Å². The van der Waals surface area contributed by atoms with E-state index in [1.54, 1.807) is 7.11 Å². The number of hydrogen-bond donors (Lipinski definition) is 0. The highest BCUT2D eigenvalue weighted by Gasteiger charge is 2.30. The van der Waals surface area contributed by atoms with E-state index in [1.807, 2.05) is 6.92 Å². The molecule has 0 spiro atoms. The third kappa shape index (κ3) is 3.57. The maximum atomic E-state index is 5.35. The van der Waals surface area contributed by atoms with Crippen molar-refractivity contribution < 1.29 is 8.85 Å². The minimum Gasteiger partial charge on any atom is -0.390 e. The van der Waals surface area contributed by atoms with Gasteiger partial charge in [0.25, 0.3) is 0 Å². The Balaban J connectivity index is 3.62. The number of halogens is 2. The van der Waals surface area contributed by atoms with E-state index in [9.17, 15) is 0 Å². The van der Waals surface area contributed by atoms with Crippen LogP contribution in [0.15, 0.2) is 0 Å². The van der Waals surface area contributed by atoms with Crippen LogP contribution in [0.2, 0.25) is 6.04 Å². The van der Waals surface area contributed by atoms with Gasteiger partial charge in [-0.3, -0.25) is 0 Å². The molecule has 0 rings (SSSR count). The summed E-state index contributed by atoms with van der Waals surface area (Å²) >= 11 is 8.70. The lowest BCUT2D eigenvalue weighted by molar-refractivity contribution is 0.259. The first kappa shape index (κ1) is 9.91. The summed E-state index contributed by atoms with van der Waals surface area (Å²) in [5.41, 5.74) is 0. The summed E-state index contributed by atoms with van der Waals surface area (Å²) < 4.78 is 10.2. The van der Waals surface area contributed by atoms with Crippen molar-refractivity contribution in [3.05, 3.63) is 0 Å². The fourth-order valence-corrected chi connectivity index (χ4v) is 2.43. The molecule has 0 aromatic carbocycles. The smallest absolute Gasteiger partial charge is 0.390 e. The molecule has 2 nitrogen and oxygen atoms in total. The molecule has 0 aliphatic heterocycles. The van der Waals surface area contributed by atoms with Crippen LogP contribution in [-0.2, 0) is 8.85 Å². The average Bonchev–Trinajstić information content (AvgIpc) is 1.89. The summed E-state index contributed by atoms with van der Waals surface area (Å²) in [5.74, 6) is 0. The van der Waals surface area contributed by atoms with Crippen LogP contribution in [0.3, 0.4) is 0 Å². The van der Waals surface area contributed by atoms with Crippen LogP contribution >= 0.6 is 26.9 Å². The van der Waals surface area contributed by atoms with E-state index in [0.717, 1.165) is 6.04 Å². The monoisotopic (exact) mass is 232 g/mol. The first-order valence-corrected chi connectivity index (χ1v) is 7.44. The molecule has 0 bridgehead atoms. The summed E-state index contributed by atoms with van der Waals surface area (Å²) in [6, 6.07) is 1.05. The molecule has 0 N–H and O–H groups in total. The van der Waals surface area contributed by atoms with Crippen molar-refractivity contribution in [2.45, 2.75) is 13.0 Å². The normalized spacial score (nSPS) is 17.3. The van der Waals surface area contributed by atoms with Crippen molar-refractivity contribution in [1.82, 2.24) is 0 Å². The Kier molecular flexibility index (Phi) is 5.15. The summed E-state index contributed by atoms with van der Waals surface area (Å²) in [5, 5.41) is 0. The van der Waals surface area contributed by atoms with E-state index >= 15 is 0 Å². The highest BCUT2D eigenvalue weighted by molar-refractivity contribution is 9.25. The Labute approximate surface area is 69.3 Å². The fraction of sp³-hybridized carbons (Fsp3) is 1.00. The molecule has 56 valence electrons. The Morgan fingerprint density at radius 2 is 2.22 bits per heavy atom. The lowest BCUT2D eigenvalue weighted by atomic mass is 11.0. The van der Waals surface area contributed by atoms with Gasteiger partial charge in [0.15, 0.2) is 0 Å². The molecule has 0 heterocycles. The van der Waals surface area contributed by atoms with E-state index in [1.165, 1.54) is 0 Å². The van der Waals surface area contributed by atoms with Crippen LogP contribution < -0.4 is 0 Å². The maximum absolute atomic E-state index is 5.35. The van der Waals surface area contributed by atoms with Crippen molar-refractivity contribution in [2.24, 2.45) is 0 Å². The van der Waals surface area contributed by atoms with Crippen molar-refractivity contribution >= 4 is 34.1 Å². The van der Waals surface area contributed by atoms with Crippen LogP contribution in [0.4, 0.5) is 0 Å². The van der Waals surface area contributed by atoms with Gasteiger partial charge < -0.3 is 8.85 Å². The van der Waals surface area contributed by atoms with Gasteiger partial charge in [0, 0.05) is 7.11 Å². The Bertz CT molecular complexity index is 79.0. The van der Waals surface area contributed by atoms with Crippen molar-refractivity contribution in [1.29, 1.82) is 0 Å². The lowest BCUT2D eigenvalue weighted by Gasteiger charge is -2.18. The van der Waals surface area contributed by atoms with Crippen LogP contribution in [0, 0.1) is 0 Å². The molecule has 1 atom stereocenters. The highest BCUT2D eigenvalue weighted by atomic mass is 79.9. The number of rotatable bonds is 4. The Morgan fingerprint density at radius 3 is 2.33 bits per heavy atom. The van der Waals surface area contributed by atoms with E-state index in [2.05, 4.69) is 15.3 Å². The first-order valence-electron chi connectivity index (χ1n) is 2.62. The van der Waals surface area contributed by atoms with Crippen LogP contribution in [-0.4, -0.2) is 20.4 Å². The van der Waals surface area contributed by atoms with Gasteiger partial charge >= 0.3 is 7.18 Å². The average molecular weight is 234 g/mol. The van der Waals surface area contributed by atoms with Crippen molar-refractivity contribution in [3.8, 4) is 0 Å². The van der Waals surface area contributed by atoms with Gasteiger partial charge in [0.05, 0.1) is 0 Å². The molecule has 0 aromatic rings. The van der Waals surface area contributed by atoms with Gasteiger partial charge in [0.1, 0.15) is 6.07 Å². The molecule has 1 unspecified atom stereocenters. The van der Waals surface area contributed by atoms with E-state index in [-0.39, 0.29) is 6.07 Å².